The van der Waals surface area contributed by atoms with Crippen molar-refractivity contribution in [2.24, 2.45) is 0 Å². The van der Waals surface area contributed by atoms with E-state index in [1.165, 1.54) is 11.1 Å². The second-order valence-electron chi connectivity index (χ2n) is 5.47. The zero-order chi connectivity index (χ0) is 15.1. The van der Waals surface area contributed by atoms with Crippen molar-refractivity contribution >= 4 is 11.6 Å². The van der Waals surface area contributed by atoms with Gasteiger partial charge >= 0.3 is 0 Å². The van der Waals surface area contributed by atoms with Crippen LogP contribution in [0.1, 0.15) is 31.9 Å². The molecule has 0 aliphatic heterocycles. The quantitative estimate of drug-likeness (QED) is 0.802. The molecule has 0 aliphatic rings. The summed E-state index contributed by atoms with van der Waals surface area (Å²) in [4.78, 5) is 13.6. The van der Waals surface area contributed by atoms with Crippen molar-refractivity contribution < 1.29 is 4.79 Å². The molecule has 0 spiro atoms. The number of hydrogen-bond acceptors (Lipinski definition) is 3. The van der Waals surface area contributed by atoms with Gasteiger partial charge in [0, 0.05) is 31.9 Å². The topological polar surface area (TPSA) is 44.4 Å². The molecule has 0 saturated carbocycles. The number of carbonyl (C=O) groups is 1. The normalized spacial score (nSPS) is 10.7. The van der Waals surface area contributed by atoms with Crippen LogP contribution in [-0.4, -0.2) is 32.1 Å². The van der Waals surface area contributed by atoms with Gasteiger partial charge in [0.2, 0.25) is 5.91 Å². The van der Waals surface area contributed by atoms with Crippen LogP contribution < -0.4 is 15.5 Å². The SMILES string of the molecule is CCNC(=O)CN(C)c1ccc(CNC(C)C)cc1C. The second kappa shape index (κ2) is 7.90. The number of benzene rings is 1. The Morgan fingerprint density at radius 3 is 2.60 bits per heavy atom. The van der Waals surface area contributed by atoms with Crippen molar-refractivity contribution in [1.29, 1.82) is 0 Å². The maximum Gasteiger partial charge on any atom is 0.239 e. The number of amides is 1. The lowest BCUT2D eigenvalue weighted by Crippen LogP contribution is -2.35. The largest absolute Gasteiger partial charge is 0.365 e. The minimum atomic E-state index is 0.0555. The van der Waals surface area contributed by atoms with Crippen molar-refractivity contribution in [3.63, 3.8) is 0 Å². The monoisotopic (exact) mass is 277 g/mol. The van der Waals surface area contributed by atoms with E-state index in [0.717, 1.165) is 12.2 Å². The molecule has 20 heavy (non-hydrogen) atoms. The highest BCUT2D eigenvalue weighted by Crippen LogP contribution is 2.20. The third-order valence-corrected chi connectivity index (χ3v) is 3.14. The summed E-state index contributed by atoms with van der Waals surface area (Å²) in [6.07, 6.45) is 0. The van der Waals surface area contributed by atoms with Crippen LogP contribution in [0.2, 0.25) is 0 Å². The molecule has 0 bridgehead atoms. The van der Waals surface area contributed by atoms with Gasteiger partial charge in [-0.15, -0.1) is 0 Å². The Morgan fingerprint density at radius 2 is 2.05 bits per heavy atom. The average molecular weight is 277 g/mol. The molecule has 0 atom stereocenters. The fourth-order valence-electron chi connectivity index (χ4n) is 2.13. The standard InChI is InChI=1S/C16H27N3O/c1-6-17-16(20)11-19(5)15-8-7-14(9-13(15)4)10-18-12(2)3/h7-9,12,18H,6,10-11H2,1-5H3,(H,17,20). The Bertz CT molecular complexity index is 443. The van der Waals surface area contributed by atoms with Gasteiger partial charge in [-0.1, -0.05) is 26.0 Å². The molecule has 0 heterocycles. The Balaban J connectivity index is 2.69. The Morgan fingerprint density at radius 1 is 1.35 bits per heavy atom. The number of carbonyl (C=O) groups excluding carboxylic acids is 1. The lowest BCUT2D eigenvalue weighted by molar-refractivity contribution is -0.119. The van der Waals surface area contributed by atoms with E-state index in [1.807, 2.05) is 18.9 Å². The van der Waals surface area contributed by atoms with Crippen LogP contribution in [0.4, 0.5) is 5.69 Å². The summed E-state index contributed by atoms with van der Waals surface area (Å²) in [6.45, 7) is 10.2. The summed E-state index contributed by atoms with van der Waals surface area (Å²) in [5, 5.41) is 6.23. The number of aryl methyl sites for hydroxylation is 1. The van der Waals surface area contributed by atoms with Crippen molar-refractivity contribution in [1.82, 2.24) is 10.6 Å². The van der Waals surface area contributed by atoms with Gasteiger partial charge in [0.05, 0.1) is 6.54 Å². The van der Waals surface area contributed by atoms with E-state index in [-0.39, 0.29) is 5.91 Å². The van der Waals surface area contributed by atoms with Gasteiger partial charge in [-0.25, -0.2) is 0 Å². The Kier molecular flexibility index (Phi) is 6.52. The molecule has 2 N–H and O–H groups in total. The number of nitrogens with one attached hydrogen (secondary N) is 2. The number of rotatable bonds is 7. The van der Waals surface area contributed by atoms with Crippen molar-refractivity contribution in [2.75, 3.05) is 25.0 Å². The molecule has 1 rings (SSSR count). The molecular weight excluding hydrogens is 250 g/mol. The van der Waals surface area contributed by atoms with Crippen molar-refractivity contribution in [3.8, 4) is 0 Å². The molecule has 0 saturated heterocycles. The average Bonchev–Trinajstić information content (AvgIpc) is 2.36. The Labute approximate surface area is 122 Å². The van der Waals surface area contributed by atoms with Crippen LogP contribution >= 0.6 is 0 Å². The minimum Gasteiger partial charge on any atom is -0.365 e. The molecule has 0 unspecified atom stereocenters. The van der Waals surface area contributed by atoms with E-state index in [9.17, 15) is 4.79 Å². The fourth-order valence-corrected chi connectivity index (χ4v) is 2.13. The zero-order valence-electron chi connectivity index (χ0n) is 13.3. The maximum atomic E-state index is 11.6. The highest BCUT2D eigenvalue weighted by molar-refractivity contribution is 5.81. The molecule has 0 radical (unpaired) electrons. The summed E-state index contributed by atoms with van der Waals surface area (Å²) < 4.78 is 0. The van der Waals surface area contributed by atoms with Crippen molar-refractivity contribution in [2.45, 2.75) is 40.3 Å². The van der Waals surface area contributed by atoms with Gasteiger partial charge in [-0.3, -0.25) is 4.79 Å². The van der Waals surface area contributed by atoms with E-state index < -0.39 is 0 Å². The third-order valence-electron chi connectivity index (χ3n) is 3.14. The minimum absolute atomic E-state index is 0.0555. The van der Waals surface area contributed by atoms with Crippen LogP contribution in [0.15, 0.2) is 18.2 Å². The van der Waals surface area contributed by atoms with Gasteiger partial charge < -0.3 is 15.5 Å². The van der Waals surface area contributed by atoms with Crippen LogP contribution in [-0.2, 0) is 11.3 Å². The predicted octanol–water partition coefficient (Wildman–Crippen LogP) is 2.07. The molecule has 1 aromatic rings. The second-order valence-corrected chi connectivity index (χ2v) is 5.47. The third kappa shape index (κ3) is 5.21. The molecule has 4 nitrogen and oxygen atoms in total. The number of hydrogen-bond donors (Lipinski definition) is 2. The number of nitrogens with zero attached hydrogens (tertiary/aromatic N) is 1. The summed E-state index contributed by atoms with van der Waals surface area (Å²) in [5.41, 5.74) is 3.57. The van der Waals surface area contributed by atoms with E-state index in [2.05, 4.69) is 49.6 Å². The Hall–Kier alpha value is -1.55. The van der Waals surface area contributed by atoms with Gasteiger partial charge in [-0.2, -0.15) is 0 Å². The van der Waals surface area contributed by atoms with Crippen LogP contribution in [0.25, 0.3) is 0 Å². The van der Waals surface area contributed by atoms with Gasteiger partial charge in [-0.05, 0) is 31.0 Å². The molecule has 112 valence electrons. The van der Waals surface area contributed by atoms with E-state index in [1.54, 1.807) is 0 Å². The molecule has 1 amide bonds. The summed E-state index contributed by atoms with van der Waals surface area (Å²) in [5.74, 6) is 0.0555. The summed E-state index contributed by atoms with van der Waals surface area (Å²) >= 11 is 0. The van der Waals surface area contributed by atoms with Gasteiger partial charge in [0.15, 0.2) is 0 Å². The zero-order valence-corrected chi connectivity index (χ0v) is 13.3. The summed E-state index contributed by atoms with van der Waals surface area (Å²) in [6, 6.07) is 6.87. The molecule has 1 aromatic carbocycles. The highest BCUT2D eigenvalue weighted by atomic mass is 16.2. The molecule has 0 aliphatic carbocycles. The molecule has 0 aromatic heterocycles. The van der Waals surface area contributed by atoms with Crippen LogP contribution in [0, 0.1) is 6.92 Å². The van der Waals surface area contributed by atoms with Crippen molar-refractivity contribution in [3.05, 3.63) is 29.3 Å². The van der Waals surface area contributed by atoms with Gasteiger partial charge in [0.25, 0.3) is 0 Å². The smallest absolute Gasteiger partial charge is 0.239 e. The fraction of sp³-hybridized carbons (Fsp3) is 0.562. The number of likely N-dealkylation sites (N-methyl/N-ethyl adjacent to an activating group) is 2. The first-order valence-electron chi connectivity index (χ1n) is 7.24. The van der Waals surface area contributed by atoms with Crippen LogP contribution in [0.5, 0.6) is 0 Å². The first-order valence-corrected chi connectivity index (χ1v) is 7.24. The van der Waals surface area contributed by atoms with E-state index >= 15 is 0 Å². The lowest BCUT2D eigenvalue weighted by Gasteiger charge is -2.21. The van der Waals surface area contributed by atoms with Gasteiger partial charge in [0.1, 0.15) is 0 Å². The maximum absolute atomic E-state index is 11.6. The predicted molar refractivity (Wildman–Crippen MR) is 85.1 cm³/mol. The molecule has 0 fully saturated rings. The molecular formula is C16H27N3O. The lowest BCUT2D eigenvalue weighted by atomic mass is 10.1. The molecule has 4 heteroatoms. The van der Waals surface area contributed by atoms with Crippen LogP contribution in [0.3, 0.4) is 0 Å². The van der Waals surface area contributed by atoms with E-state index in [4.69, 9.17) is 0 Å². The first kappa shape index (κ1) is 16.5. The highest BCUT2D eigenvalue weighted by Gasteiger charge is 2.09. The summed E-state index contributed by atoms with van der Waals surface area (Å²) in [7, 11) is 1.95. The number of anilines is 1. The first-order chi connectivity index (χ1) is 9.43. The van der Waals surface area contributed by atoms with E-state index in [0.29, 0.717) is 19.1 Å².